The minimum absolute atomic E-state index is 0.0918. The molecule has 30 heavy (non-hydrogen) atoms. The summed E-state index contributed by atoms with van der Waals surface area (Å²) in [5.74, 6) is 0.529. The van der Waals surface area contributed by atoms with Crippen molar-refractivity contribution in [3.63, 3.8) is 0 Å². The molecule has 0 aliphatic rings. The summed E-state index contributed by atoms with van der Waals surface area (Å²) < 4.78 is 6.57. The van der Waals surface area contributed by atoms with E-state index in [0.29, 0.717) is 17.7 Å². The molecular weight excluding hydrogens is 444 g/mol. The predicted octanol–water partition coefficient (Wildman–Crippen LogP) is 6.44. The van der Waals surface area contributed by atoms with E-state index in [0.717, 1.165) is 16.6 Å². The zero-order valence-corrected chi connectivity index (χ0v) is 19.2. The van der Waals surface area contributed by atoms with Gasteiger partial charge in [-0.25, -0.2) is 5.43 Å². The Labute approximate surface area is 187 Å². The van der Waals surface area contributed by atoms with Gasteiger partial charge in [-0.1, -0.05) is 67.8 Å². The van der Waals surface area contributed by atoms with Crippen LogP contribution >= 0.6 is 15.9 Å². The highest BCUT2D eigenvalue weighted by Gasteiger charge is 2.05. The number of nitrogens with one attached hydrogen (secondary N) is 1. The summed E-state index contributed by atoms with van der Waals surface area (Å²) in [6.45, 7) is 2.93. The van der Waals surface area contributed by atoms with Gasteiger partial charge in [0.25, 0.3) is 5.91 Å². The lowest BCUT2D eigenvalue weighted by molar-refractivity contribution is 0.0955. The lowest BCUT2D eigenvalue weighted by atomic mass is 10.1. The van der Waals surface area contributed by atoms with Gasteiger partial charge in [0.2, 0.25) is 0 Å². The summed E-state index contributed by atoms with van der Waals surface area (Å²) >= 11 is 3.33. The molecule has 0 unspecified atom stereocenters. The topological polar surface area (TPSA) is 70.9 Å². The molecule has 2 aromatic carbocycles. The second-order valence-corrected chi connectivity index (χ2v) is 8.17. The number of phenols is 1. The molecule has 0 spiro atoms. The number of nitrogens with zero attached hydrogens (tertiary/aromatic N) is 1. The summed E-state index contributed by atoms with van der Waals surface area (Å²) in [5.41, 5.74) is 3.46. The lowest BCUT2D eigenvalue weighted by Crippen LogP contribution is -2.17. The van der Waals surface area contributed by atoms with Gasteiger partial charge < -0.3 is 9.84 Å². The summed E-state index contributed by atoms with van der Waals surface area (Å²) in [4.78, 5) is 12.2. The number of phenolic OH excluding ortho intramolecular Hbond substituents is 1. The van der Waals surface area contributed by atoms with E-state index in [1.54, 1.807) is 42.5 Å². The van der Waals surface area contributed by atoms with Gasteiger partial charge >= 0.3 is 0 Å². The largest absolute Gasteiger partial charge is 0.507 e. The minimum atomic E-state index is -0.324. The Kier molecular flexibility index (Phi) is 11.0. The minimum Gasteiger partial charge on any atom is -0.507 e. The molecule has 0 fully saturated rings. The molecule has 0 radical (unpaired) electrons. The smallest absolute Gasteiger partial charge is 0.271 e. The van der Waals surface area contributed by atoms with Crippen molar-refractivity contribution in [3.05, 3.63) is 58.1 Å². The maximum Gasteiger partial charge on any atom is 0.271 e. The number of benzene rings is 2. The van der Waals surface area contributed by atoms with Crippen LogP contribution in [0.15, 0.2) is 52.0 Å². The molecule has 0 atom stereocenters. The van der Waals surface area contributed by atoms with E-state index in [1.807, 2.05) is 0 Å². The van der Waals surface area contributed by atoms with Gasteiger partial charge in [0.1, 0.15) is 11.5 Å². The summed E-state index contributed by atoms with van der Waals surface area (Å²) in [6, 6.07) is 12.0. The van der Waals surface area contributed by atoms with Gasteiger partial charge in [-0.2, -0.15) is 5.10 Å². The Hall–Kier alpha value is -2.34. The summed E-state index contributed by atoms with van der Waals surface area (Å²) in [6.07, 6.45) is 11.6. The standard InChI is InChI=1S/C24H31BrN2O3/c1-2-3-4-5-6-7-8-9-16-30-22-13-10-19(11-14-22)24(29)27-26-18-20-17-21(25)12-15-23(20)28/h10-15,17-18,28H,2-9,16H2,1H3,(H,27,29). The molecule has 0 saturated carbocycles. The van der Waals surface area contributed by atoms with Crippen molar-refractivity contribution in [2.24, 2.45) is 5.10 Å². The number of halogens is 1. The third-order valence-corrected chi connectivity index (χ3v) is 5.24. The molecule has 0 aromatic heterocycles. The number of carbonyl (C=O) groups is 1. The Balaban J connectivity index is 1.67. The number of rotatable bonds is 13. The number of carbonyl (C=O) groups excluding carboxylic acids is 1. The SMILES string of the molecule is CCCCCCCCCCOc1ccc(C(=O)NN=Cc2cc(Br)ccc2O)cc1. The number of unbranched alkanes of at least 4 members (excludes halogenated alkanes) is 7. The zero-order valence-electron chi connectivity index (χ0n) is 17.6. The van der Waals surface area contributed by atoms with Crippen molar-refractivity contribution in [2.75, 3.05) is 6.61 Å². The lowest BCUT2D eigenvalue weighted by Gasteiger charge is -2.07. The fourth-order valence-electron chi connectivity index (χ4n) is 2.98. The first kappa shape index (κ1) is 23.9. The van der Waals surface area contributed by atoms with E-state index < -0.39 is 0 Å². The first-order valence-corrected chi connectivity index (χ1v) is 11.4. The fraction of sp³-hybridized carbons (Fsp3) is 0.417. The van der Waals surface area contributed by atoms with Crippen LogP contribution in [-0.2, 0) is 0 Å². The molecule has 2 aromatic rings. The maximum atomic E-state index is 12.2. The highest BCUT2D eigenvalue weighted by Crippen LogP contribution is 2.20. The molecule has 0 heterocycles. The molecule has 0 saturated heterocycles. The van der Waals surface area contributed by atoms with Crippen molar-refractivity contribution in [2.45, 2.75) is 58.3 Å². The third kappa shape index (κ3) is 8.99. The van der Waals surface area contributed by atoms with E-state index >= 15 is 0 Å². The van der Waals surface area contributed by atoms with Gasteiger partial charge in [0, 0.05) is 15.6 Å². The average Bonchev–Trinajstić information content (AvgIpc) is 2.75. The van der Waals surface area contributed by atoms with Gasteiger partial charge in [-0.3, -0.25) is 4.79 Å². The van der Waals surface area contributed by atoms with E-state index in [4.69, 9.17) is 4.74 Å². The van der Waals surface area contributed by atoms with Gasteiger partial charge in [0.15, 0.2) is 0 Å². The number of ether oxygens (including phenoxy) is 1. The normalized spacial score (nSPS) is 11.0. The molecule has 0 aliphatic heterocycles. The maximum absolute atomic E-state index is 12.2. The van der Waals surface area contributed by atoms with Crippen LogP contribution in [0.4, 0.5) is 0 Å². The van der Waals surface area contributed by atoms with Crippen molar-refractivity contribution in [1.29, 1.82) is 0 Å². The van der Waals surface area contributed by atoms with Gasteiger partial charge in [-0.15, -0.1) is 0 Å². The molecule has 0 aliphatic carbocycles. The summed E-state index contributed by atoms with van der Waals surface area (Å²) in [5, 5.41) is 13.7. The van der Waals surface area contributed by atoms with Crippen LogP contribution < -0.4 is 10.2 Å². The Morgan fingerprint density at radius 1 is 1.03 bits per heavy atom. The van der Waals surface area contributed by atoms with Crippen LogP contribution in [0.25, 0.3) is 0 Å². The average molecular weight is 475 g/mol. The van der Waals surface area contributed by atoms with Crippen LogP contribution in [0.5, 0.6) is 11.5 Å². The van der Waals surface area contributed by atoms with Crippen molar-refractivity contribution in [3.8, 4) is 11.5 Å². The van der Waals surface area contributed by atoms with E-state index in [2.05, 4.69) is 33.4 Å². The number of aromatic hydroxyl groups is 1. The first-order chi connectivity index (χ1) is 14.6. The van der Waals surface area contributed by atoms with E-state index in [9.17, 15) is 9.90 Å². The molecular formula is C24H31BrN2O3. The molecule has 0 bridgehead atoms. The molecule has 5 nitrogen and oxygen atoms in total. The van der Waals surface area contributed by atoms with Crippen molar-refractivity contribution in [1.82, 2.24) is 5.43 Å². The number of hydrogen-bond acceptors (Lipinski definition) is 4. The Bertz CT molecular complexity index is 807. The van der Waals surface area contributed by atoms with Crippen LogP contribution in [0.2, 0.25) is 0 Å². The van der Waals surface area contributed by atoms with Gasteiger partial charge in [0.05, 0.1) is 12.8 Å². The monoisotopic (exact) mass is 474 g/mol. The Morgan fingerprint density at radius 3 is 2.40 bits per heavy atom. The highest BCUT2D eigenvalue weighted by molar-refractivity contribution is 9.10. The molecule has 2 N–H and O–H groups in total. The van der Waals surface area contributed by atoms with Crippen LogP contribution in [-0.4, -0.2) is 23.8 Å². The second kappa shape index (κ2) is 13.8. The van der Waals surface area contributed by atoms with Crippen LogP contribution in [0.1, 0.15) is 74.2 Å². The van der Waals surface area contributed by atoms with Crippen LogP contribution in [0.3, 0.4) is 0 Å². The highest BCUT2D eigenvalue weighted by atomic mass is 79.9. The van der Waals surface area contributed by atoms with E-state index in [1.165, 1.54) is 51.2 Å². The van der Waals surface area contributed by atoms with Crippen molar-refractivity contribution >= 4 is 28.1 Å². The second-order valence-electron chi connectivity index (χ2n) is 7.25. The zero-order chi connectivity index (χ0) is 21.6. The van der Waals surface area contributed by atoms with Gasteiger partial charge in [-0.05, 0) is 48.9 Å². The number of hydrazone groups is 1. The molecule has 2 rings (SSSR count). The first-order valence-electron chi connectivity index (χ1n) is 10.6. The van der Waals surface area contributed by atoms with E-state index in [-0.39, 0.29) is 11.7 Å². The molecule has 6 heteroatoms. The quantitative estimate of drug-likeness (QED) is 0.199. The third-order valence-electron chi connectivity index (χ3n) is 4.74. The predicted molar refractivity (Wildman–Crippen MR) is 125 cm³/mol. The molecule has 1 amide bonds. The van der Waals surface area contributed by atoms with Crippen molar-refractivity contribution < 1.29 is 14.6 Å². The number of amides is 1. The fourth-order valence-corrected chi connectivity index (χ4v) is 3.36. The number of hydrogen-bond donors (Lipinski definition) is 2. The summed E-state index contributed by atoms with van der Waals surface area (Å²) in [7, 11) is 0. The van der Waals surface area contributed by atoms with Crippen LogP contribution in [0, 0.1) is 0 Å². The Morgan fingerprint density at radius 2 is 1.70 bits per heavy atom. The molecule has 162 valence electrons.